The van der Waals surface area contributed by atoms with Crippen LogP contribution in [0.2, 0.25) is 0 Å². The number of aromatic nitrogens is 4. The first kappa shape index (κ1) is 29.6. The molecule has 9 nitrogen and oxygen atoms in total. The molecule has 2 aliphatic rings. The highest BCUT2D eigenvalue weighted by Crippen LogP contribution is 2.30. The minimum Gasteiger partial charge on any atom is -0.478 e. The summed E-state index contributed by atoms with van der Waals surface area (Å²) < 4.78 is 28.6. The lowest BCUT2D eigenvalue weighted by molar-refractivity contribution is 0.0697. The molecule has 0 spiro atoms. The number of para-hydroxylation sites is 1. The first-order valence-electron chi connectivity index (χ1n) is 15.0. The zero-order chi connectivity index (χ0) is 30.6. The Morgan fingerprint density at radius 2 is 1.77 bits per heavy atom. The van der Waals surface area contributed by atoms with E-state index in [4.69, 9.17) is 5.73 Å². The number of carboxylic acids is 1. The second-order valence-electron chi connectivity index (χ2n) is 11.2. The predicted molar refractivity (Wildman–Crippen MR) is 166 cm³/mol. The van der Waals surface area contributed by atoms with E-state index < -0.39 is 17.6 Å². The van der Waals surface area contributed by atoms with Crippen molar-refractivity contribution in [3.05, 3.63) is 94.9 Å². The van der Waals surface area contributed by atoms with Crippen molar-refractivity contribution in [2.24, 2.45) is 5.73 Å². The summed E-state index contributed by atoms with van der Waals surface area (Å²) >= 11 is 0. The normalized spacial score (nSPS) is 15.2. The maximum absolute atomic E-state index is 13.4. The first-order valence-corrected chi connectivity index (χ1v) is 15.0. The molecular weight excluding hydrogens is 564 g/mol. The van der Waals surface area contributed by atoms with Gasteiger partial charge in [-0.25, -0.2) is 23.5 Å². The molecular formula is C33H35F2N7O2. The summed E-state index contributed by atoms with van der Waals surface area (Å²) in [5, 5.41) is 11.0. The zero-order valence-electron chi connectivity index (χ0n) is 24.4. The van der Waals surface area contributed by atoms with E-state index in [-0.39, 0.29) is 0 Å². The van der Waals surface area contributed by atoms with Crippen LogP contribution in [0.4, 0.5) is 14.7 Å². The molecule has 0 radical (unpaired) electrons. The van der Waals surface area contributed by atoms with Crippen LogP contribution in [0, 0.1) is 11.6 Å². The van der Waals surface area contributed by atoms with E-state index in [0.717, 1.165) is 91.8 Å². The predicted octanol–water partition coefficient (Wildman–Crippen LogP) is 4.80. The molecule has 1 fully saturated rings. The molecule has 0 aliphatic carbocycles. The fourth-order valence-electron chi connectivity index (χ4n) is 6.11. The number of aryl methyl sites for hydroxylation is 1. The molecule has 44 heavy (non-hydrogen) atoms. The minimum absolute atomic E-state index is 0.313. The van der Waals surface area contributed by atoms with Gasteiger partial charge in [0.15, 0.2) is 11.6 Å². The lowest BCUT2D eigenvalue weighted by Crippen LogP contribution is -2.47. The van der Waals surface area contributed by atoms with Crippen LogP contribution in [-0.2, 0) is 25.9 Å². The summed E-state index contributed by atoms with van der Waals surface area (Å²) in [5.74, 6) is -2.01. The van der Waals surface area contributed by atoms with Crippen molar-refractivity contribution in [2.45, 2.75) is 38.8 Å². The van der Waals surface area contributed by atoms with Crippen molar-refractivity contribution in [1.29, 1.82) is 0 Å². The van der Waals surface area contributed by atoms with Crippen LogP contribution in [0.3, 0.4) is 0 Å². The number of aromatic carboxylic acids is 1. The number of hydrogen-bond donors (Lipinski definition) is 2. The topological polar surface area (TPSA) is 113 Å². The van der Waals surface area contributed by atoms with Crippen LogP contribution in [-0.4, -0.2) is 68.2 Å². The fourth-order valence-corrected chi connectivity index (χ4v) is 6.11. The first-order chi connectivity index (χ1) is 21.4. The van der Waals surface area contributed by atoms with E-state index in [2.05, 4.69) is 29.3 Å². The quantitative estimate of drug-likeness (QED) is 0.286. The fraction of sp³-hybridized carbons (Fsp3) is 0.333. The van der Waals surface area contributed by atoms with Crippen LogP contribution in [0.5, 0.6) is 0 Å². The molecule has 0 saturated carbocycles. The van der Waals surface area contributed by atoms with Gasteiger partial charge < -0.3 is 20.3 Å². The SMILES string of the molecule is NCc1ccnc2ccccc12.O=C(O)c1c2n(c3cnc(N4CCN(CCc5ccc(F)c(F)c5)CC4)nc13)CCCC2. The summed E-state index contributed by atoms with van der Waals surface area (Å²) in [6.45, 7) is 5.17. The number of benzene rings is 2. The average Bonchev–Trinajstić information content (AvgIpc) is 3.39. The minimum atomic E-state index is -0.933. The Balaban J connectivity index is 0.000000238. The molecule has 3 aromatic heterocycles. The van der Waals surface area contributed by atoms with E-state index in [1.165, 1.54) is 12.1 Å². The van der Waals surface area contributed by atoms with E-state index >= 15 is 0 Å². The molecule has 11 heteroatoms. The highest BCUT2D eigenvalue weighted by atomic mass is 19.2. The number of anilines is 1. The van der Waals surface area contributed by atoms with Gasteiger partial charge in [-0.15, -0.1) is 0 Å². The van der Waals surface area contributed by atoms with Gasteiger partial charge >= 0.3 is 5.97 Å². The summed E-state index contributed by atoms with van der Waals surface area (Å²) in [5.41, 5.74) is 11.0. The van der Waals surface area contributed by atoms with Crippen molar-refractivity contribution in [3.8, 4) is 0 Å². The molecule has 5 aromatic rings. The molecule has 228 valence electrons. The Kier molecular flexibility index (Phi) is 8.76. The number of rotatable bonds is 6. The van der Waals surface area contributed by atoms with E-state index in [1.807, 2.05) is 30.3 Å². The van der Waals surface area contributed by atoms with Gasteiger partial charge in [0.05, 0.1) is 17.2 Å². The number of nitrogens with two attached hydrogens (primary N) is 1. The molecule has 1 saturated heterocycles. The lowest BCUT2D eigenvalue weighted by atomic mass is 10.1. The third-order valence-electron chi connectivity index (χ3n) is 8.47. The largest absolute Gasteiger partial charge is 0.478 e. The van der Waals surface area contributed by atoms with E-state index in [9.17, 15) is 18.7 Å². The Hall–Kier alpha value is -4.48. The average molecular weight is 600 g/mol. The monoisotopic (exact) mass is 599 g/mol. The molecule has 0 atom stereocenters. The van der Waals surface area contributed by atoms with Crippen LogP contribution in [0.1, 0.15) is 40.0 Å². The number of nitrogens with zero attached hydrogens (tertiary/aromatic N) is 6. The third kappa shape index (κ3) is 6.11. The van der Waals surface area contributed by atoms with Gasteiger partial charge in [-0.3, -0.25) is 9.88 Å². The molecule has 0 unspecified atom stereocenters. The van der Waals surface area contributed by atoms with Gasteiger partial charge in [0.25, 0.3) is 0 Å². The number of fused-ring (bicyclic) bond motifs is 4. The van der Waals surface area contributed by atoms with Crippen molar-refractivity contribution < 1.29 is 18.7 Å². The summed E-state index contributed by atoms with van der Waals surface area (Å²) in [4.78, 5) is 29.8. The number of carbonyl (C=O) groups is 1. The number of piperazine rings is 1. The maximum atomic E-state index is 13.4. The van der Waals surface area contributed by atoms with E-state index in [0.29, 0.717) is 30.0 Å². The van der Waals surface area contributed by atoms with Gasteiger partial charge in [-0.2, -0.15) is 0 Å². The molecule has 7 rings (SSSR count). The lowest BCUT2D eigenvalue weighted by Gasteiger charge is -2.34. The van der Waals surface area contributed by atoms with Crippen molar-refractivity contribution in [1.82, 2.24) is 24.4 Å². The number of hydrogen-bond acceptors (Lipinski definition) is 7. The van der Waals surface area contributed by atoms with Crippen LogP contribution in [0.25, 0.3) is 21.9 Å². The van der Waals surface area contributed by atoms with Crippen LogP contribution >= 0.6 is 0 Å². The maximum Gasteiger partial charge on any atom is 0.339 e. The molecule has 3 N–H and O–H groups in total. The molecule has 2 aromatic carbocycles. The second-order valence-corrected chi connectivity index (χ2v) is 11.2. The van der Waals surface area contributed by atoms with Gasteiger partial charge in [0.1, 0.15) is 11.1 Å². The number of pyridine rings is 1. The number of carboxylic acid groups (broad SMARTS) is 1. The van der Waals surface area contributed by atoms with Crippen molar-refractivity contribution >= 4 is 33.9 Å². The molecule has 2 aliphatic heterocycles. The molecule has 0 amide bonds. The van der Waals surface area contributed by atoms with E-state index in [1.54, 1.807) is 18.5 Å². The zero-order valence-corrected chi connectivity index (χ0v) is 24.4. The summed E-state index contributed by atoms with van der Waals surface area (Å²) in [7, 11) is 0. The van der Waals surface area contributed by atoms with Gasteiger partial charge in [0, 0.05) is 63.1 Å². The number of halogens is 2. The second kappa shape index (κ2) is 13.0. The Bertz CT molecular complexity index is 1800. The summed E-state index contributed by atoms with van der Waals surface area (Å²) in [6.07, 6.45) is 6.98. The summed E-state index contributed by atoms with van der Waals surface area (Å²) in [6, 6.07) is 14.0. The Morgan fingerprint density at radius 1 is 0.955 bits per heavy atom. The third-order valence-corrected chi connectivity index (χ3v) is 8.47. The van der Waals surface area contributed by atoms with Gasteiger partial charge in [0.2, 0.25) is 5.95 Å². The van der Waals surface area contributed by atoms with Crippen molar-refractivity contribution in [2.75, 3.05) is 37.6 Å². The smallest absolute Gasteiger partial charge is 0.339 e. The Morgan fingerprint density at radius 3 is 2.55 bits per heavy atom. The van der Waals surface area contributed by atoms with Crippen LogP contribution in [0.15, 0.2) is 60.9 Å². The van der Waals surface area contributed by atoms with Crippen molar-refractivity contribution in [3.63, 3.8) is 0 Å². The van der Waals surface area contributed by atoms with Crippen LogP contribution < -0.4 is 10.6 Å². The standard InChI is InChI=1S/C23H25F2N5O2.C10H10N2/c24-16-5-4-15(13-17(16)25)6-8-28-9-11-29(12-10-28)23-26-14-19-21(27-23)20(22(31)32)18-3-1-2-7-30(18)19;11-7-8-5-6-12-10-4-2-1-3-9(8)10/h4-5,13-14H,1-3,6-12H2,(H,31,32);1-6H,7,11H2. The molecule has 0 bridgehead atoms. The highest BCUT2D eigenvalue weighted by Gasteiger charge is 2.27. The highest BCUT2D eigenvalue weighted by molar-refractivity contribution is 6.03. The molecule has 5 heterocycles. The Labute approximate surface area is 254 Å². The van der Waals surface area contributed by atoms with Gasteiger partial charge in [-0.05, 0) is 61.1 Å². The van der Waals surface area contributed by atoms with Gasteiger partial charge in [-0.1, -0.05) is 24.3 Å².